The third kappa shape index (κ3) is 1.91. The summed E-state index contributed by atoms with van der Waals surface area (Å²) in [7, 11) is 0. The molecule has 0 aliphatic heterocycles. The van der Waals surface area contributed by atoms with Crippen molar-refractivity contribution in [3.05, 3.63) is 0 Å². The van der Waals surface area contributed by atoms with E-state index in [-0.39, 0.29) is 6.61 Å². The van der Waals surface area contributed by atoms with Crippen LogP contribution in [-0.4, -0.2) is 40.7 Å². The molecule has 0 heterocycles. The Morgan fingerprint density at radius 2 is 1.70 bits per heavy atom. The van der Waals surface area contributed by atoms with Gasteiger partial charge in [-0.2, -0.15) is 0 Å². The smallest absolute Gasteiger partial charge is 0.154 e. The van der Waals surface area contributed by atoms with Crippen LogP contribution in [0.25, 0.3) is 0 Å². The molecule has 1 radical (unpaired) electrons. The van der Waals surface area contributed by atoms with E-state index >= 15 is 0 Å². The molecule has 3 N–H and O–H groups in total. The van der Waals surface area contributed by atoms with E-state index in [0.29, 0.717) is 0 Å². The van der Waals surface area contributed by atoms with E-state index in [4.69, 9.17) is 15.3 Å². The molecule has 0 aliphatic rings. The predicted molar refractivity (Wildman–Crippen MR) is 33.8 cm³/mol. The second-order valence-corrected chi connectivity index (χ2v) is 2.46. The van der Waals surface area contributed by atoms with E-state index in [1.165, 1.54) is 6.92 Å². The minimum absolute atomic E-state index is 0.315. The van der Waals surface area contributed by atoms with E-state index in [2.05, 4.69) is 0 Å². The van der Waals surface area contributed by atoms with Gasteiger partial charge in [0.2, 0.25) is 0 Å². The zero-order valence-corrected chi connectivity index (χ0v) is 5.95. The van der Waals surface area contributed by atoms with Gasteiger partial charge in [0.25, 0.3) is 0 Å². The molecule has 1 atom stereocenters. The van der Waals surface area contributed by atoms with Crippen LogP contribution in [0.4, 0.5) is 0 Å². The van der Waals surface area contributed by atoms with Crippen LogP contribution in [0.2, 0.25) is 0 Å². The fraction of sp³-hybridized carbons (Fsp3) is 1.00. The summed E-state index contributed by atoms with van der Waals surface area (Å²) in [4.78, 5) is 0. The molecule has 0 aliphatic carbocycles. The summed E-state index contributed by atoms with van der Waals surface area (Å²) in [5, 5.41) is 36.6. The van der Waals surface area contributed by atoms with Gasteiger partial charge in [-0.3, -0.25) is 0 Å². The first-order chi connectivity index (χ1) is 4.60. The Labute approximate surface area is 59.7 Å². The van der Waals surface area contributed by atoms with Gasteiger partial charge in [0, 0.05) is 12.5 Å². The van der Waals surface area contributed by atoms with E-state index in [0.717, 1.165) is 0 Å². The van der Waals surface area contributed by atoms with E-state index in [1.54, 1.807) is 0 Å². The molecular formula is C6H13O4. The monoisotopic (exact) mass is 149 g/mol. The second-order valence-electron chi connectivity index (χ2n) is 2.46. The number of aliphatic hydroxyl groups excluding tert-OH is 3. The lowest BCUT2D eigenvalue weighted by Gasteiger charge is -2.25. The van der Waals surface area contributed by atoms with E-state index in [1.807, 2.05) is 0 Å². The molecule has 4 nitrogen and oxygen atoms in total. The highest BCUT2D eigenvalue weighted by molar-refractivity contribution is 4.81. The van der Waals surface area contributed by atoms with Gasteiger partial charge in [-0.1, -0.05) is 6.92 Å². The number of hydrogen-bond acceptors (Lipinski definition) is 3. The van der Waals surface area contributed by atoms with Crippen molar-refractivity contribution >= 4 is 0 Å². The standard InChI is InChI=1S/C6H13O4/c1-5(2-7)6(10,3-8)4-9/h5,7-9H,2-4H2,1H3. The quantitative estimate of drug-likeness (QED) is 0.468. The largest absolute Gasteiger partial charge is 0.396 e. The zero-order valence-electron chi connectivity index (χ0n) is 5.95. The van der Waals surface area contributed by atoms with Gasteiger partial charge in [-0.25, -0.2) is 5.11 Å². The highest BCUT2D eigenvalue weighted by Crippen LogP contribution is 2.15. The minimum Gasteiger partial charge on any atom is -0.396 e. The van der Waals surface area contributed by atoms with Gasteiger partial charge in [-0.05, 0) is 0 Å². The van der Waals surface area contributed by atoms with Gasteiger partial charge >= 0.3 is 0 Å². The molecule has 0 bridgehead atoms. The van der Waals surface area contributed by atoms with Crippen molar-refractivity contribution in [1.82, 2.24) is 0 Å². The van der Waals surface area contributed by atoms with Crippen LogP contribution in [0.15, 0.2) is 0 Å². The summed E-state index contributed by atoms with van der Waals surface area (Å²) in [6, 6.07) is 0. The first-order valence-electron chi connectivity index (χ1n) is 3.13. The topological polar surface area (TPSA) is 80.6 Å². The normalized spacial score (nSPS) is 15.3. The van der Waals surface area contributed by atoms with E-state index in [9.17, 15) is 5.11 Å². The average Bonchev–Trinajstić information content (AvgIpc) is 2.01. The maximum absolute atomic E-state index is 11.1. The molecule has 0 spiro atoms. The molecule has 0 saturated heterocycles. The van der Waals surface area contributed by atoms with Crippen LogP contribution in [0.5, 0.6) is 0 Å². The molecule has 0 amide bonds. The molecule has 0 aromatic heterocycles. The van der Waals surface area contributed by atoms with Gasteiger partial charge in [0.15, 0.2) is 5.60 Å². The third-order valence-electron chi connectivity index (χ3n) is 1.71. The molecule has 0 aromatic carbocycles. The Kier molecular flexibility index (Phi) is 3.81. The maximum Gasteiger partial charge on any atom is 0.154 e. The summed E-state index contributed by atoms with van der Waals surface area (Å²) in [6.07, 6.45) is 0. The molecule has 1 unspecified atom stereocenters. The maximum atomic E-state index is 11.1. The predicted octanol–water partition coefficient (Wildman–Crippen LogP) is -1.23. The second kappa shape index (κ2) is 3.88. The highest BCUT2D eigenvalue weighted by atomic mass is 16.4. The van der Waals surface area contributed by atoms with Crippen molar-refractivity contribution in [1.29, 1.82) is 0 Å². The molecule has 4 heteroatoms. The Morgan fingerprint density at radius 3 is 1.80 bits per heavy atom. The number of hydrogen-bond donors (Lipinski definition) is 3. The van der Waals surface area contributed by atoms with Crippen molar-refractivity contribution < 1.29 is 20.4 Å². The lowest BCUT2D eigenvalue weighted by molar-refractivity contribution is -0.144. The summed E-state index contributed by atoms with van der Waals surface area (Å²) in [6.45, 7) is -0.124. The summed E-state index contributed by atoms with van der Waals surface area (Å²) < 4.78 is 0. The molecule has 0 fully saturated rings. The van der Waals surface area contributed by atoms with Crippen LogP contribution < -0.4 is 0 Å². The van der Waals surface area contributed by atoms with Gasteiger partial charge < -0.3 is 15.3 Å². The minimum atomic E-state index is -1.80. The fourth-order valence-electron chi connectivity index (χ4n) is 0.528. The SMILES string of the molecule is CC(CO)C([O])(CO)CO. The van der Waals surface area contributed by atoms with Crippen molar-refractivity contribution in [2.45, 2.75) is 12.5 Å². The van der Waals surface area contributed by atoms with Crippen LogP contribution in [0.1, 0.15) is 6.92 Å². The van der Waals surface area contributed by atoms with Crippen LogP contribution in [0, 0.1) is 5.92 Å². The Bertz CT molecular complexity index is 89.7. The Balaban J connectivity index is 4.02. The van der Waals surface area contributed by atoms with Gasteiger partial charge in [0.1, 0.15) is 0 Å². The molecule has 61 valence electrons. The van der Waals surface area contributed by atoms with E-state index < -0.39 is 24.7 Å². The lowest BCUT2D eigenvalue weighted by Crippen LogP contribution is -2.44. The van der Waals surface area contributed by atoms with Crippen molar-refractivity contribution in [2.24, 2.45) is 5.92 Å². The van der Waals surface area contributed by atoms with Crippen LogP contribution in [0.3, 0.4) is 0 Å². The lowest BCUT2D eigenvalue weighted by atomic mass is 9.91. The molecule has 10 heavy (non-hydrogen) atoms. The molecule has 0 rings (SSSR count). The fourth-order valence-corrected chi connectivity index (χ4v) is 0.528. The Morgan fingerprint density at radius 1 is 1.30 bits per heavy atom. The van der Waals surface area contributed by atoms with Crippen LogP contribution in [-0.2, 0) is 5.11 Å². The van der Waals surface area contributed by atoms with Gasteiger partial charge in [0.05, 0.1) is 13.2 Å². The average molecular weight is 149 g/mol. The summed E-state index contributed by atoms with van der Waals surface area (Å²) in [5.41, 5.74) is -1.80. The van der Waals surface area contributed by atoms with Crippen molar-refractivity contribution in [3.63, 3.8) is 0 Å². The van der Waals surface area contributed by atoms with Gasteiger partial charge in [-0.15, -0.1) is 0 Å². The summed E-state index contributed by atoms with van der Waals surface area (Å²) >= 11 is 0. The van der Waals surface area contributed by atoms with Crippen molar-refractivity contribution in [2.75, 3.05) is 19.8 Å². The molecule has 0 saturated carbocycles. The first-order valence-corrected chi connectivity index (χ1v) is 3.13. The molecule has 0 aromatic rings. The van der Waals surface area contributed by atoms with Crippen LogP contribution >= 0.6 is 0 Å². The third-order valence-corrected chi connectivity index (χ3v) is 1.71. The molecular weight excluding hydrogens is 136 g/mol. The zero-order chi connectivity index (χ0) is 8.20. The summed E-state index contributed by atoms with van der Waals surface area (Å²) in [5.74, 6) is -0.623. The first kappa shape index (κ1) is 9.84. The van der Waals surface area contributed by atoms with Crippen molar-refractivity contribution in [3.8, 4) is 0 Å². The Hall–Kier alpha value is -0.160. The number of aliphatic hydroxyl groups is 3. The highest BCUT2D eigenvalue weighted by Gasteiger charge is 2.34. The number of rotatable bonds is 4.